The number of benzene rings is 2. The summed E-state index contributed by atoms with van der Waals surface area (Å²) in [5.74, 6) is -0.330. The number of hydrogen-bond acceptors (Lipinski definition) is 6. The van der Waals surface area contributed by atoms with Gasteiger partial charge in [0.05, 0.1) is 23.5 Å². The topological polar surface area (TPSA) is 86.3 Å². The van der Waals surface area contributed by atoms with Crippen LogP contribution in [0.15, 0.2) is 67.0 Å². The number of hydrogen-bond donors (Lipinski definition) is 0. The molecular formula is C34H40F3N5O4. The molecule has 0 spiro atoms. The van der Waals surface area contributed by atoms with Crippen molar-refractivity contribution in [3.63, 3.8) is 0 Å². The zero-order valence-electron chi connectivity index (χ0n) is 26.8. The number of carbonyl (C=O) groups excluding carboxylic acids is 3. The molecule has 1 aliphatic heterocycles. The van der Waals surface area contributed by atoms with Gasteiger partial charge in [-0.05, 0) is 81.3 Å². The zero-order chi connectivity index (χ0) is 33.6. The summed E-state index contributed by atoms with van der Waals surface area (Å²) in [5.41, 5.74) is 0.491. The van der Waals surface area contributed by atoms with Crippen molar-refractivity contribution in [2.45, 2.75) is 39.9 Å². The van der Waals surface area contributed by atoms with Crippen molar-refractivity contribution in [1.82, 2.24) is 14.8 Å². The summed E-state index contributed by atoms with van der Waals surface area (Å²) in [7, 11) is 3.29. The molecule has 1 aliphatic rings. The first-order valence-electron chi connectivity index (χ1n) is 15.1. The van der Waals surface area contributed by atoms with Gasteiger partial charge in [-0.3, -0.25) is 24.3 Å². The summed E-state index contributed by atoms with van der Waals surface area (Å²) in [5, 5.41) is 0. The maximum absolute atomic E-state index is 13.1. The number of pyridine rings is 1. The van der Waals surface area contributed by atoms with Gasteiger partial charge >= 0.3 is 6.18 Å². The fraction of sp³-hybridized carbons (Fsp3) is 0.412. The van der Waals surface area contributed by atoms with E-state index < -0.39 is 17.2 Å². The third kappa shape index (κ3) is 7.85. The van der Waals surface area contributed by atoms with Gasteiger partial charge in [-0.25, -0.2) is 0 Å². The Morgan fingerprint density at radius 1 is 0.935 bits per heavy atom. The number of halogens is 3. The largest absolute Gasteiger partial charge is 0.493 e. The quantitative estimate of drug-likeness (QED) is 0.192. The van der Waals surface area contributed by atoms with E-state index in [9.17, 15) is 27.6 Å². The minimum atomic E-state index is -4.47. The maximum Gasteiger partial charge on any atom is 0.416 e. The molecule has 246 valence electrons. The first-order valence-corrected chi connectivity index (χ1v) is 15.1. The fourth-order valence-electron chi connectivity index (χ4n) is 5.38. The Kier molecular flexibility index (Phi) is 10.7. The van der Waals surface area contributed by atoms with Crippen molar-refractivity contribution in [3.8, 4) is 5.75 Å². The van der Waals surface area contributed by atoms with Gasteiger partial charge in [0.1, 0.15) is 11.2 Å². The van der Waals surface area contributed by atoms with Gasteiger partial charge in [0, 0.05) is 70.8 Å². The number of rotatable bonds is 12. The zero-order valence-corrected chi connectivity index (χ0v) is 26.8. The molecule has 0 aliphatic carbocycles. The Bertz CT molecular complexity index is 1530. The van der Waals surface area contributed by atoms with Gasteiger partial charge in [0.25, 0.3) is 5.91 Å². The van der Waals surface area contributed by atoms with Crippen molar-refractivity contribution in [2.75, 3.05) is 56.7 Å². The van der Waals surface area contributed by atoms with Crippen molar-refractivity contribution < 1.29 is 32.3 Å². The number of amides is 3. The molecule has 3 aromatic rings. The summed E-state index contributed by atoms with van der Waals surface area (Å²) < 4.78 is 44.9. The van der Waals surface area contributed by atoms with Crippen LogP contribution in [0.25, 0.3) is 0 Å². The fourth-order valence-corrected chi connectivity index (χ4v) is 5.38. The van der Waals surface area contributed by atoms with E-state index >= 15 is 0 Å². The SMILES string of the molecule is CCN1C(=O)C(C)(C)C(=O)N(C)c2cc(OCCCN(CCN(C)C(=O)c3ccc(C(F)(F)F)cc3)Cc3ccncc3)ccc21. The minimum absolute atomic E-state index is 0.188. The highest BCUT2D eigenvalue weighted by molar-refractivity contribution is 6.20. The first-order chi connectivity index (χ1) is 21.7. The van der Waals surface area contributed by atoms with Crippen LogP contribution in [0.5, 0.6) is 5.75 Å². The van der Waals surface area contributed by atoms with Crippen molar-refractivity contribution in [3.05, 3.63) is 83.7 Å². The molecule has 3 amide bonds. The molecule has 9 nitrogen and oxygen atoms in total. The summed E-state index contributed by atoms with van der Waals surface area (Å²) >= 11 is 0. The molecule has 46 heavy (non-hydrogen) atoms. The molecule has 0 unspecified atom stereocenters. The molecule has 12 heteroatoms. The minimum Gasteiger partial charge on any atom is -0.493 e. The molecule has 0 saturated carbocycles. The van der Waals surface area contributed by atoms with E-state index in [-0.39, 0.29) is 23.3 Å². The molecule has 4 rings (SSSR count). The van der Waals surface area contributed by atoms with E-state index in [4.69, 9.17) is 4.74 Å². The molecule has 2 heterocycles. The number of aromatic nitrogens is 1. The third-order valence-corrected chi connectivity index (χ3v) is 8.13. The van der Waals surface area contributed by atoms with Crippen LogP contribution in [0.2, 0.25) is 0 Å². The summed E-state index contributed by atoms with van der Waals surface area (Å²) in [6.07, 6.45) is -0.385. The monoisotopic (exact) mass is 639 g/mol. The number of likely N-dealkylation sites (N-methyl/N-ethyl adjacent to an activating group) is 1. The molecule has 2 aromatic carbocycles. The normalized spacial score (nSPS) is 14.7. The summed E-state index contributed by atoms with van der Waals surface area (Å²) in [6.45, 7) is 8.08. The second kappa shape index (κ2) is 14.3. The van der Waals surface area contributed by atoms with Crippen molar-refractivity contribution >= 4 is 29.1 Å². The second-order valence-electron chi connectivity index (χ2n) is 11.8. The Balaban J connectivity index is 1.38. The Morgan fingerprint density at radius 3 is 2.24 bits per heavy atom. The molecule has 0 N–H and O–H groups in total. The lowest BCUT2D eigenvalue weighted by molar-refractivity contribution is -0.138. The lowest BCUT2D eigenvalue weighted by Crippen LogP contribution is -2.47. The van der Waals surface area contributed by atoms with E-state index in [1.165, 1.54) is 21.9 Å². The van der Waals surface area contributed by atoms with Crippen LogP contribution in [0.1, 0.15) is 48.7 Å². The van der Waals surface area contributed by atoms with Crippen LogP contribution >= 0.6 is 0 Å². The average molecular weight is 640 g/mol. The van der Waals surface area contributed by atoms with Gasteiger partial charge in [0.2, 0.25) is 11.8 Å². The van der Waals surface area contributed by atoms with Crippen molar-refractivity contribution in [1.29, 1.82) is 0 Å². The van der Waals surface area contributed by atoms with Crippen LogP contribution in [-0.4, -0.2) is 79.4 Å². The van der Waals surface area contributed by atoms with E-state index in [1.54, 1.807) is 63.4 Å². The van der Waals surface area contributed by atoms with E-state index in [0.717, 1.165) is 17.7 Å². The predicted molar refractivity (Wildman–Crippen MR) is 170 cm³/mol. The van der Waals surface area contributed by atoms with Crippen LogP contribution in [0.4, 0.5) is 24.5 Å². The van der Waals surface area contributed by atoms with Crippen molar-refractivity contribution in [2.24, 2.45) is 5.41 Å². The smallest absolute Gasteiger partial charge is 0.416 e. The Morgan fingerprint density at radius 2 is 1.61 bits per heavy atom. The molecule has 0 saturated heterocycles. The summed E-state index contributed by atoms with van der Waals surface area (Å²) in [4.78, 5) is 50.1. The second-order valence-corrected chi connectivity index (χ2v) is 11.8. The molecule has 1 aromatic heterocycles. The van der Waals surface area contributed by atoms with Gasteiger partial charge in [-0.2, -0.15) is 13.2 Å². The lowest BCUT2D eigenvalue weighted by Gasteiger charge is -2.27. The number of anilines is 2. The summed E-state index contributed by atoms with van der Waals surface area (Å²) in [6, 6.07) is 13.4. The Labute approximate surface area is 267 Å². The predicted octanol–water partition coefficient (Wildman–Crippen LogP) is 5.50. The van der Waals surface area contributed by atoms with E-state index in [1.807, 2.05) is 19.1 Å². The van der Waals surface area contributed by atoms with Crippen LogP contribution in [-0.2, 0) is 22.3 Å². The van der Waals surface area contributed by atoms with Crippen LogP contribution in [0, 0.1) is 5.41 Å². The van der Waals surface area contributed by atoms with Gasteiger partial charge in [-0.1, -0.05) is 0 Å². The molecule has 0 bridgehead atoms. The van der Waals surface area contributed by atoms with Gasteiger partial charge < -0.3 is 19.4 Å². The van der Waals surface area contributed by atoms with Crippen LogP contribution in [0.3, 0.4) is 0 Å². The average Bonchev–Trinajstić information content (AvgIpc) is 3.09. The van der Waals surface area contributed by atoms with E-state index in [0.29, 0.717) is 62.9 Å². The lowest BCUT2D eigenvalue weighted by atomic mass is 9.90. The van der Waals surface area contributed by atoms with Gasteiger partial charge in [-0.15, -0.1) is 0 Å². The molecule has 0 radical (unpaired) electrons. The van der Waals surface area contributed by atoms with Gasteiger partial charge in [0.15, 0.2) is 0 Å². The third-order valence-electron chi connectivity index (χ3n) is 8.13. The molecule has 0 atom stereocenters. The standard InChI is InChI=1S/C34H40F3N5O4/c1-6-42-28-13-12-27(22-29(28)40(5)31(44)33(2,3)32(42)45)46-21-7-18-41(23-24-14-16-38-17-15-24)20-19-39(4)30(43)25-8-10-26(11-9-25)34(35,36)37/h8-17,22H,6-7,18-21,23H2,1-5H3. The Hall–Kier alpha value is -4.45. The maximum atomic E-state index is 13.1. The first kappa shape index (κ1) is 34.4. The molecular weight excluding hydrogens is 599 g/mol. The van der Waals surface area contributed by atoms with Crippen LogP contribution < -0.4 is 14.5 Å². The number of alkyl halides is 3. The highest BCUT2D eigenvalue weighted by atomic mass is 19.4. The number of carbonyl (C=O) groups is 3. The van der Waals surface area contributed by atoms with E-state index in [2.05, 4.69) is 9.88 Å². The highest BCUT2D eigenvalue weighted by Gasteiger charge is 2.45. The number of ether oxygens (including phenoxy) is 1. The molecule has 0 fully saturated rings. The number of fused-ring (bicyclic) bond motifs is 1. The number of nitrogens with zero attached hydrogens (tertiary/aromatic N) is 5. The highest BCUT2D eigenvalue weighted by Crippen LogP contribution is 2.40.